The fraction of sp³-hybridized carbons (Fsp3) is 0.500. The minimum Gasteiger partial charge on any atom is -0.496 e. The van der Waals surface area contributed by atoms with E-state index in [1.54, 1.807) is 7.11 Å². The second kappa shape index (κ2) is 11.2. The highest BCUT2D eigenvalue weighted by molar-refractivity contribution is 7.91. The lowest BCUT2D eigenvalue weighted by Crippen LogP contribution is -2.46. The maximum Gasteiger partial charge on any atom is 0.224 e. The molecule has 2 saturated heterocycles. The van der Waals surface area contributed by atoms with Crippen molar-refractivity contribution in [2.45, 2.75) is 44.2 Å². The molecule has 2 aromatic rings. The molecular formula is C26H35N3O4S. The third-order valence-electron chi connectivity index (χ3n) is 6.77. The summed E-state index contributed by atoms with van der Waals surface area (Å²) < 4.78 is 28.7. The van der Waals surface area contributed by atoms with E-state index in [1.165, 1.54) is 5.69 Å². The number of amides is 1. The first kappa shape index (κ1) is 24.5. The Balaban J connectivity index is 1.18. The zero-order valence-electron chi connectivity index (χ0n) is 19.8. The number of sulfone groups is 1. The van der Waals surface area contributed by atoms with Gasteiger partial charge in [-0.15, -0.1) is 0 Å². The highest BCUT2D eigenvalue weighted by atomic mass is 32.2. The van der Waals surface area contributed by atoms with E-state index in [2.05, 4.69) is 27.7 Å². The molecule has 2 aromatic carbocycles. The zero-order valence-corrected chi connectivity index (χ0v) is 20.6. The Bertz CT molecular complexity index is 1060. The molecule has 1 amide bonds. The molecule has 0 aliphatic carbocycles. The predicted molar refractivity (Wildman–Crippen MR) is 135 cm³/mol. The van der Waals surface area contributed by atoms with Gasteiger partial charge in [0.05, 0.1) is 25.0 Å². The molecule has 184 valence electrons. The van der Waals surface area contributed by atoms with Crippen molar-refractivity contribution < 1.29 is 17.9 Å². The zero-order chi connectivity index (χ0) is 24.0. The summed E-state index contributed by atoms with van der Waals surface area (Å²) in [6.07, 6.45) is 3.84. The number of piperidine rings is 1. The Morgan fingerprint density at radius 1 is 1.03 bits per heavy atom. The van der Waals surface area contributed by atoms with Crippen LogP contribution in [0.15, 0.2) is 48.5 Å². The molecule has 2 aliphatic rings. The number of hydrogen-bond donors (Lipinski definition) is 2. The van der Waals surface area contributed by atoms with Crippen LogP contribution in [0.2, 0.25) is 0 Å². The van der Waals surface area contributed by atoms with Crippen LogP contribution < -0.4 is 20.3 Å². The number of anilines is 1. The Kier molecular flexibility index (Phi) is 8.11. The van der Waals surface area contributed by atoms with Crippen molar-refractivity contribution in [2.75, 3.05) is 43.1 Å². The van der Waals surface area contributed by atoms with Crippen molar-refractivity contribution in [1.82, 2.24) is 10.6 Å². The summed E-state index contributed by atoms with van der Waals surface area (Å²) in [5.74, 6) is 1.46. The summed E-state index contributed by atoms with van der Waals surface area (Å²) in [5.41, 5.74) is 3.25. The van der Waals surface area contributed by atoms with E-state index in [0.717, 1.165) is 55.6 Å². The molecule has 2 fully saturated rings. The van der Waals surface area contributed by atoms with Crippen LogP contribution in [-0.4, -0.2) is 64.7 Å². The van der Waals surface area contributed by atoms with Gasteiger partial charge in [-0.2, -0.15) is 0 Å². The number of methoxy groups -OCH3 is 1. The molecule has 2 aliphatic heterocycles. The molecular weight excluding hydrogens is 450 g/mol. The smallest absolute Gasteiger partial charge is 0.224 e. The van der Waals surface area contributed by atoms with Gasteiger partial charge < -0.3 is 20.3 Å². The summed E-state index contributed by atoms with van der Waals surface area (Å²) in [6, 6.07) is 16.6. The van der Waals surface area contributed by atoms with Crippen LogP contribution in [0.1, 0.15) is 30.4 Å². The van der Waals surface area contributed by atoms with Crippen molar-refractivity contribution in [2.24, 2.45) is 0 Å². The quantitative estimate of drug-likeness (QED) is 0.567. The number of nitrogens with zero attached hydrogens (tertiary/aromatic N) is 1. The number of para-hydroxylation sites is 1. The maximum absolute atomic E-state index is 12.4. The van der Waals surface area contributed by atoms with Gasteiger partial charge in [-0.05, 0) is 55.0 Å². The van der Waals surface area contributed by atoms with E-state index in [1.807, 2.05) is 36.4 Å². The first-order valence-corrected chi connectivity index (χ1v) is 13.9. The second-order valence-electron chi connectivity index (χ2n) is 9.28. The summed E-state index contributed by atoms with van der Waals surface area (Å²) in [7, 11) is -1.18. The van der Waals surface area contributed by atoms with Crippen molar-refractivity contribution in [3.8, 4) is 5.75 Å². The van der Waals surface area contributed by atoms with Gasteiger partial charge in [0, 0.05) is 37.4 Å². The number of nitrogens with one attached hydrogen (secondary N) is 2. The molecule has 0 aromatic heterocycles. The van der Waals surface area contributed by atoms with E-state index in [0.29, 0.717) is 24.8 Å². The lowest BCUT2D eigenvalue weighted by atomic mass is 10.0. The van der Waals surface area contributed by atoms with Gasteiger partial charge in [0.15, 0.2) is 9.84 Å². The molecule has 4 rings (SSSR count). The minimum absolute atomic E-state index is 0.0171. The van der Waals surface area contributed by atoms with Crippen LogP contribution in [0.4, 0.5) is 5.69 Å². The van der Waals surface area contributed by atoms with Crippen molar-refractivity contribution in [3.05, 3.63) is 59.7 Å². The average Bonchev–Trinajstić information content (AvgIpc) is 3.18. The Labute approximate surface area is 202 Å². The third-order valence-corrected chi connectivity index (χ3v) is 8.54. The van der Waals surface area contributed by atoms with Crippen molar-refractivity contribution in [1.29, 1.82) is 0 Å². The average molecular weight is 486 g/mol. The van der Waals surface area contributed by atoms with Crippen molar-refractivity contribution >= 4 is 21.4 Å². The molecule has 34 heavy (non-hydrogen) atoms. The predicted octanol–water partition coefficient (Wildman–Crippen LogP) is 2.34. The van der Waals surface area contributed by atoms with Gasteiger partial charge in [0.1, 0.15) is 5.75 Å². The topological polar surface area (TPSA) is 87.7 Å². The summed E-state index contributed by atoms with van der Waals surface area (Å²) >= 11 is 0. The summed E-state index contributed by atoms with van der Waals surface area (Å²) in [6.45, 7) is 2.47. The monoisotopic (exact) mass is 485 g/mol. The molecule has 7 nitrogen and oxygen atoms in total. The fourth-order valence-electron chi connectivity index (χ4n) is 4.88. The van der Waals surface area contributed by atoms with Gasteiger partial charge in [0.25, 0.3) is 0 Å². The number of benzene rings is 2. The number of rotatable bonds is 9. The minimum atomic E-state index is -2.84. The number of carbonyl (C=O) groups is 1. The molecule has 0 spiro atoms. The van der Waals surface area contributed by atoms with Crippen LogP contribution in [0.3, 0.4) is 0 Å². The molecule has 1 unspecified atom stereocenters. The Hall–Kier alpha value is -2.58. The van der Waals surface area contributed by atoms with E-state index in [9.17, 15) is 13.2 Å². The SMILES string of the molecule is COc1ccccc1CCNC(=O)Cc1ccc(N2CCC(NC3CCS(=O)(=O)C3)CC2)cc1. The van der Waals surface area contributed by atoms with E-state index in [-0.39, 0.29) is 17.7 Å². The van der Waals surface area contributed by atoms with Crippen LogP contribution in [-0.2, 0) is 27.5 Å². The standard InChI is InChI=1S/C26H35N3O4S/c1-33-25-5-3-2-4-21(25)10-14-27-26(30)18-20-6-8-24(9-7-20)29-15-11-22(12-16-29)28-23-13-17-34(31,32)19-23/h2-9,22-23,28H,10-19H2,1H3,(H,27,30). The molecule has 0 saturated carbocycles. The largest absolute Gasteiger partial charge is 0.496 e. The fourth-order valence-corrected chi connectivity index (χ4v) is 6.57. The summed E-state index contributed by atoms with van der Waals surface area (Å²) in [5, 5.41) is 6.55. The maximum atomic E-state index is 12.4. The molecule has 2 heterocycles. The number of carbonyl (C=O) groups excluding carboxylic acids is 1. The van der Waals surface area contributed by atoms with Crippen molar-refractivity contribution in [3.63, 3.8) is 0 Å². The third kappa shape index (κ3) is 6.73. The highest BCUT2D eigenvalue weighted by Gasteiger charge is 2.30. The first-order chi connectivity index (χ1) is 16.4. The first-order valence-electron chi connectivity index (χ1n) is 12.1. The summed E-state index contributed by atoms with van der Waals surface area (Å²) in [4.78, 5) is 14.7. The van der Waals surface area contributed by atoms with Crippen LogP contribution in [0.25, 0.3) is 0 Å². The lowest BCUT2D eigenvalue weighted by Gasteiger charge is -2.35. The van der Waals surface area contributed by atoms with Gasteiger partial charge >= 0.3 is 0 Å². The Morgan fingerprint density at radius 2 is 1.76 bits per heavy atom. The lowest BCUT2D eigenvalue weighted by molar-refractivity contribution is -0.120. The van der Waals surface area contributed by atoms with Crippen LogP contribution in [0, 0.1) is 0 Å². The van der Waals surface area contributed by atoms with Gasteiger partial charge in [-0.25, -0.2) is 8.42 Å². The van der Waals surface area contributed by atoms with Gasteiger partial charge in [-0.3, -0.25) is 4.79 Å². The molecule has 8 heteroatoms. The van der Waals surface area contributed by atoms with Gasteiger partial charge in [-0.1, -0.05) is 30.3 Å². The van der Waals surface area contributed by atoms with E-state index < -0.39 is 9.84 Å². The molecule has 2 N–H and O–H groups in total. The van der Waals surface area contributed by atoms with E-state index >= 15 is 0 Å². The number of hydrogen-bond acceptors (Lipinski definition) is 6. The van der Waals surface area contributed by atoms with Gasteiger partial charge in [0.2, 0.25) is 5.91 Å². The molecule has 0 bridgehead atoms. The normalized spacial score (nSPS) is 20.3. The molecule has 0 radical (unpaired) electrons. The molecule has 1 atom stereocenters. The second-order valence-corrected chi connectivity index (χ2v) is 11.5. The Morgan fingerprint density at radius 3 is 2.44 bits per heavy atom. The number of ether oxygens (including phenoxy) is 1. The van der Waals surface area contributed by atoms with Crippen LogP contribution in [0.5, 0.6) is 5.75 Å². The van der Waals surface area contributed by atoms with Crippen LogP contribution >= 0.6 is 0 Å². The highest BCUT2D eigenvalue weighted by Crippen LogP contribution is 2.22. The van der Waals surface area contributed by atoms with E-state index in [4.69, 9.17) is 4.74 Å².